The van der Waals surface area contributed by atoms with Gasteiger partial charge in [-0.2, -0.15) is 0 Å². The fourth-order valence-electron chi connectivity index (χ4n) is 1.92. The average molecular weight is 271 g/mol. The molecule has 94 valence electrons. The predicted molar refractivity (Wildman–Crippen MR) is 76.1 cm³/mol. The molecule has 0 unspecified atom stereocenters. The highest BCUT2D eigenvalue weighted by Gasteiger charge is 2.02. The van der Waals surface area contributed by atoms with Gasteiger partial charge in [-0.1, -0.05) is 35.9 Å². The van der Waals surface area contributed by atoms with Crippen LogP contribution >= 0.6 is 11.6 Å². The first kappa shape index (κ1) is 11.9. The van der Waals surface area contributed by atoms with Gasteiger partial charge in [0.25, 0.3) is 0 Å². The van der Waals surface area contributed by atoms with E-state index in [4.69, 9.17) is 11.6 Å². The van der Waals surface area contributed by atoms with E-state index in [0.29, 0.717) is 17.5 Å². The minimum Gasteiger partial charge on any atom is -0.365 e. The van der Waals surface area contributed by atoms with Gasteiger partial charge in [0, 0.05) is 18.1 Å². The number of hydrogen-bond donors (Lipinski definition) is 1. The van der Waals surface area contributed by atoms with Crippen molar-refractivity contribution in [1.82, 2.24) is 15.0 Å². The molecule has 19 heavy (non-hydrogen) atoms. The summed E-state index contributed by atoms with van der Waals surface area (Å²) in [5, 5.41) is 4.70. The fraction of sp³-hybridized carbons (Fsp3) is 0.0714. The van der Waals surface area contributed by atoms with Gasteiger partial charge in [-0.15, -0.1) is 0 Å². The molecule has 0 amide bonds. The summed E-state index contributed by atoms with van der Waals surface area (Å²) >= 11 is 5.80. The molecule has 3 aromatic rings. The highest BCUT2D eigenvalue weighted by atomic mass is 35.5. The third kappa shape index (κ3) is 2.63. The Morgan fingerprint density at radius 2 is 2.00 bits per heavy atom. The van der Waals surface area contributed by atoms with E-state index in [2.05, 4.69) is 20.3 Å². The van der Waals surface area contributed by atoms with Gasteiger partial charge in [0.1, 0.15) is 11.0 Å². The lowest BCUT2D eigenvalue weighted by atomic mass is 10.1. The van der Waals surface area contributed by atoms with Crippen LogP contribution in [0, 0.1) is 0 Å². The van der Waals surface area contributed by atoms with Gasteiger partial charge in [-0.3, -0.25) is 9.97 Å². The molecular weight excluding hydrogens is 260 g/mol. The summed E-state index contributed by atoms with van der Waals surface area (Å²) in [6, 6.07) is 10.1. The summed E-state index contributed by atoms with van der Waals surface area (Å²) in [6.45, 7) is 0.628. The molecule has 0 saturated heterocycles. The molecule has 1 N–H and O–H groups in total. The van der Waals surface area contributed by atoms with Crippen molar-refractivity contribution in [3.05, 3.63) is 59.6 Å². The molecule has 0 atom stereocenters. The molecule has 0 aliphatic carbocycles. The fourth-order valence-corrected chi connectivity index (χ4v) is 2.07. The number of benzene rings is 1. The van der Waals surface area contributed by atoms with Crippen molar-refractivity contribution in [3.63, 3.8) is 0 Å². The topological polar surface area (TPSA) is 50.7 Å². The number of nitrogens with zero attached hydrogens (tertiary/aromatic N) is 3. The average Bonchev–Trinajstić information content (AvgIpc) is 2.45. The highest BCUT2D eigenvalue weighted by molar-refractivity contribution is 6.29. The van der Waals surface area contributed by atoms with Crippen molar-refractivity contribution < 1.29 is 0 Å². The van der Waals surface area contributed by atoms with Crippen LogP contribution in [0.15, 0.2) is 48.9 Å². The van der Waals surface area contributed by atoms with Crippen molar-refractivity contribution in [3.8, 4) is 0 Å². The maximum atomic E-state index is 5.80. The zero-order valence-corrected chi connectivity index (χ0v) is 10.8. The second-order valence-electron chi connectivity index (χ2n) is 4.07. The van der Waals surface area contributed by atoms with Crippen molar-refractivity contribution in [2.75, 3.05) is 5.32 Å². The summed E-state index contributed by atoms with van der Waals surface area (Å²) < 4.78 is 0. The molecule has 0 spiro atoms. The zero-order chi connectivity index (χ0) is 13.1. The smallest absolute Gasteiger partial charge is 0.149 e. The van der Waals surface area contributed by atoms with Gasteiger partial charge >= 0.3 is 0 Å². The van der Waals surface area contributed by atoms with Crippen LogP contribution in [-0.4, -0.2) is 15.0 Å². The van der Waals surface area contributed by atoms with E-state index >= 15 is 0 Å². The van der Waals surface area contributed by atoms with Crippen LogP contribution in [0.1, 0.15) is 5.56 Å². The summed E-state index contributed by atoms with van der Waals surface area (Å²) in [5.74, 6) is 0.653. The Kier molecular flexibility index (Phi) is 3.25. The van der Waals surface area contributed by atoms with Crippen LogP contribution in [0.3, 0.4) is 0 Å². The third-order valence-electron chi connectivity index (χ3n) is 2.78. The quantitative estimate of drug-likeness (QED) is 0.793. The normalized spacial score (nSPS) is 10.6. The van der Waals surface area contributed by atoms with Crippen molar-refractivity contribution in [2.24, 2.45) is 0 Å². The van der Waals surface area contributed by atoms with Gasteiger partial charge < -0.3 is 5.32 Å². The van der Waals surface area contributed by atoms with Crippen LogP contribution in [0.2, 0.25) is 5.15 Å². The Hall–Kier alpha value is -2.20. The lowest BCUT2D eigenvalue weighted by molar-refractivity contribution is 1.09. The van der Waals surface area contributed by atoms with Crippen molar-refractivity contribution in [2.45, 2.75) is 6.54 Å². The van der Waals surface area contributed by atoms with E-state index in [1.165, 1.54) is 6.20 Å². The minimum absolute atomic E-state index is 0.376. The summed E-state index contributed by atoms with van der Waals surface area (Å²) in [6.07, 6.45) is 4.95. The largest absolute Gasteiger partial charge is 0.365 e. The van der Waals surface area contributed by atoms with Crippen LogP contribution in [0.5, 0.6) is 0 Å². The molecule has 2 heterocycles. The van der Waals surface area contributed by atoms with E-state index < -0.39 is 0 Å². The third-order valence-corrected chi connectivity index (χ3v) is 2.96. The van der Waals surface area contributed by atoms with Crippen LogP contribution in [0.4, 0.5) is 5.82 Å². The second-order valence-corrected chi connectivity index (χ2v) is 4.46. The van der Waals surface area contributed by atoms with E-state index in [0.717, 1.165) is 16.5 Å². The van der Waals surface area contributed by atoms with Crippen molar-refractivity contribution in [1.29, 1.82) is 0 Å². The number of para-hydroxylation sites is 1. The number of fused-ring (bicyclic) bond motifs is 1. The van der Waals surface area contributed by atoms with Crippen LogP contribution in [0.25, 0.3) is 10.9 Å². The van der Waals surface area contributed by atoms with Crippen LogP contribution in [-0.2, 0) is 6.54 Å². The molecule has 0 aliphatic heterocycles. The summed E-state index contributed by atoms with van der Waals surface area (Å²) in [4.78, 5) is 12.5. The molecule has 4 nitrogen and oxygen atoms in total. The molecule has 2 aromatic heterocycles. The molecule has 0 bridgehead atoms. The summed E-state index contributed by atoms with van der Waals surface area (Å²) in [5.41, 5.74) is 2.10. The first-order valence-electron chi connectivity index (χ1n) is 5.87. The first-order valence-corrected chi connectivity index (χ1v) is 6.25. The Labute approximate surface area is 115 Å². The molecule has 0 fully saturated rings. The van der Waals surface area contributed by atoms with E-state index in [-0.39, 0.29) is 0 Å². The first-order chi connectivity index (χ1) is 9.33. The Morgan fingerprint density at radius 3 is 2.89 bits per heavy atom. The monoisotopic (exact) mass is 270 g/mol. The van der Waals surface area contributed by atoms with Gasteiger partial charge in [0.05, 0.1) is 17.9 Å². The second kappa shape index (κ2) is 5.20. The Morgan fingerprint density at radius 1 is 1.11 bits per heavy atom. The van der Waals surface area contributed by atoms with Gasteiger partial charge in [-0.05, 0) is 11.6 Å². The van der Waals surface area contributed by atoms with Gasteiger partial charge in [0.15, 0.2) is 0 Å². The number of nitrogens with one attached hydrogen (secondary N) is 1. The number of anilines is 1. The number of aromatic nitrogens is 3. The maximum Gasteiger partial charge on any atom is 0.149 e. The summed E-state index contributed by atoms with van der Waals surface area (Å²) in [7, 11) is 0. The number of hydrogen-bond acceptors (Lipinski definition) is 4. The Bertz CT molecular complexity index is 709. The molecular formula is C14H11ClN4. The Balaban J connectivity index is 1.86. The molecule has 3 rings (SSSR count). The molecule has 5 heteroatoms. The molecule has 0 saturated carbocycles. The lowest BCUT2D eigenvalue weighted by Gasteiger charge is -2.07. The van der Waals surface area contributed by atoms with Gasteiger partial charge in [0.2, 0.25) is 0 Å². The number of rotatable bonds is 3. The van der Waals surface area contributed by atoms with Crippen LogP contribution < -0.4 is 5.32 Å². The minimum atomic E-state index is 0.376. The number of halogens is 1. The molecule has 0 radical (unpaired) electrons. The lowest BCUT2D eigenvalue weighted by Crippen LogP contribution is -2.03. The zero-order valence-electron chi connectivity index (χ0n) is 10.0. The van der Waals surface area contributed by atoms with E-state index in [1.807, 2.05) is 30.3 Å². The number of pyridine rings is 1. The van der Waals surface area contributed by atoms with Gasteiger partial charge in [-0.25, -0.2) is 4.98 Å². The van der Waals surface area contributed by atoms with E-state index in [1.54, 1.807) is 12.4 Å². The molecule has 0 aliphatic rings. The maximum absolute atomic E-state index is 5.80. The van der Waals surface area contributed by atoms with Crippen molar-refractivity contribution >= 4 is 28.3 Å². The predicted octanol–water partition coefficient (Wildman–Crippen LogP) is 3.29. The highest BCUT2D eigenvalue weighted by Crippen LogP contribution is 2.17. The molecule has 1 aromatic carbocycles. The SMILES string of the molecule is Clc1cncc(NCc2cccc3cccnc23)n1. The van der Waals surface area contributed by atoms with E-state index in [9.17, 15) is 0 Å². The standard InChI is InChI=1S/C14H11ClN4/c15-12-8-16-9-13(19-12)18-7-11-4-1-3-10-5-2-6-17-14(10)11/h1-6,8-9H,7H2,(H,18,19).